The molecule has 0 spiro atoms. The molecule has 5 nitrogen and oxygen atoms in total. The van der Waals surface area contributed by atoms with Crippen LogP contribution in [-0.4, -0.2) is 41.9 Å². The molecular weight excluding hydrogens is 352 g/mol. The summed E-state index contributed by atoms with van der Waals surface area (Å²) in [6.07, 6.45) is 0. The van der Waals surface area contributed by atoms with Gasteiger partial charge < -0.3 is 15.0 Å². The van der Waals surface area contributed by atoms with Crippen molar-refractivity contribution >= 4 is 23.4 Å². The fourth-order valence-corrected chi connectivity index (χ4v) is 2.66. The maximum absolute atomic E-state index is 12.5. The molecular formula is C20H31ClN2O3. The lowest BCUT2D eigenvalue weighted by Crippen LogP contribution is -2.48. The molecule has 0 fully saturated rings. The molecule has 0 aliphatic heterocycles. The molecule has 2 amide bonds. The largest absolute Gasteiger partial charge is 0.483 e. The molecule has 0 aromatic heterocycles. The fourth-order valence-electron chi connectivity index (χ4n) is 2.48. The summed E-state index contributed by atoms with van der Waals surface area (Å²) in [7, 11) is 0. The lowest BCUT2D eigenvalue weighted by Gasteiger charge is -2.25. The van der Waals surface area contributed by atoms with Crippen LogP contribution in [0.15, 0.2) is 12.1 Å². The third-order valence-electron chi connectivity index (χ3n) is 3.85. The van der Waals surface area contributed by atoms with E-state index in [2.05, 4.69) is 5.32 Å². The average molecular weight is 383 g/mol. The van der Waals surface area contributed by atoms with E-state index in [0.717, 1.165) is 11.1 Å². The van der Waals surface area contributed by atoms with E-state index in [1.165, 1.54) is 4.90 Å². The third kappa shape index (κ3) is 6.87. The van der Waals surface area contributed by atoms with Crippen LogP contribution in [0.5, 0.6) is 5.75 Å². The second-order valence-electron chi connectivity index (χ2n) is 7.79. The van der Waals surface area contributed by atoms with Gasteiger partial charge in [-0.1, -0.05) is 25.4 Å². The number of ether oxygens (including phenoxy) is 1. The van der Waals surface area contributed by atoms with Crippen molar-refractivity contribution in [1.29, 1.82) is 0 Å². The first-order valence-corrected chi connectivity index (χ1v) is 9.34. The van der Waals surface area contributed by atoms with Crippen molar-refractivity contribution < 1.29 is 14.3 Å². The highest BCUT2D eigenvalue weighted by atomic mass is 35.5. The third-order valence-corrected chi connectivity index (χ3v) is 4.25. The molecule has 0 radical (unpaired) electrons. The van der Waals surface area contributed by atoms with E-state index in [1.807, 2.05) is 60.6 Å². The summed E-state index contributed by atoms with van der Waals surface area (Å²) in [5, 5.41) is 3.54. The van der Waals surface area contributed by atoms with Crippen LogP contribution in [0.2, 0.25) is 5.02 Å². The summed E-state index contributed by atoms with van der Waals surface area (Å²) in [5.74, 6) is 0.472. The van der Waals surface area contributed by atoms with Gasteiger partial charge in [-0.25, -0.2) is 0 Å². The van der Waals surface area contributed by atoms with Crippen molar-refractivity contribution in [2.45, 2.75) is 59.9 Å². The second kappa shape index (κ2) is 9.26. The van der Waals surface area contributed by atoms with Crippen molar-refractivity contribution in [3.63, 3.8) is 0 Å². The van der Waals surface area contributed by atoms with E-state index >= 15 is 0 Å². The molecule has 1 aromatic rings. The molecule has 0 saturated carbocycles. The zero-order valence-corrected chi connectivity index (χ0v) is 17.7. The molecule has 1 aromatic carbocycles. The Kier molecular flexibility index (Phi) is 7.94. The average Bonchev–Trinajstić information content (AvgIpc) is 2.51. The Balaban J connectivity index is 2.78. The summed E-state index contributed by atoms with van der Waals surface area (Å²) in [5.41, 5.74) is 1.53. The van der Waals surface area contributed by atoms with Crippen LogP contribution in [0.25, 0.3) is 0 Å². The zero-order valence-electron chi connectivity index (χ0n) is 16.9. The van der Waals surface area contributed by atoms with Gasteiger partial charge >= 0.3 is 0 Å². The SMILES string of the molecule is CCN(CC(=O)NC(C)(C)C)C(=O)COc1cc(C)c(Cl)cc1C(C)C. The van der Waals surface area contributed by atoms with Gasteiger partial charge in [0, 0.05) is 17.1 Å². The molecule has 0 unspecified atom stereocenters. The van der Waals surface area contributed by atoms with Gasteiger partial charge in [-0.15, -0.1) is 0 Å². The quantitative estimate of drug-likeness (QED) is 0.777. The van der Waals surface area contributed by atoms with Crippen LogP contribution in [0.4, 0.5) is 0 Å². The molecule has 0 heterocycles. The molecule has 0 atom stereocenters. The highest BCUT2D eigenvalue weighted by molar-refractivity contribution is 6.31. The van der Waals surface area contributed by atoms with Crippen molar-refractivity contribution in [2.75, 3.05) is 19.7 Å². The number of hydrogen-bond acceptors (Lipinski definition) is 3. The molecule has 0 bridgehead atoms. The Bertz CT molecular complexity index is 651. The molecule has 1 rings (SSSR count). The Morgan fingerprint density at radius 2 is 1.88 bits per heavy atom. The number of likely N-dealkylation sites (N-methyl/N-ethyl adjacent to an activating group) is 1. The lowest BCUT2D eigenvalue weighted by atomic mass is 10.0. The van der Waals surface area contributed by atoms with Crippen LogP contribution in [0.3, 0.4) is 0 Å². The number of nitrogens with one attached hydrogen (secondary N) is 1. The highest BCUT2D eigenvalue weighted by Crippen LogP contribution is 2.32. The standard InChI is InChI=1S/C20H31ClN2O3/c1-8-23(11-18(24)22-20(5,6)7)19(25)12-26-17-9-14(4)16(21)10-15(17)13(2)3/h9-10,13H,8,11-12H2,1-7H3,(H,22,24). The molecule has 0 saturated heterocycles. The first-order chi connectivity index (χ1) is 11.9. The highest BCUT2D eigenvalue weighted by Gasteiger charge is 2.20. The first kappa shape index (κ1) is 22.3. The number of benzene rings is 1. The van der Waals surface area contributed by atoms with Gasteiger partial charge in [-0.05, 0) is 63.8 Å². The Morgan fingerprint density at radius 1 is 1.27 bits per heavy atom. The number of carbonyl (C=O) groups is 2. The van der Waals surface area contributed by atoms with E-state index in [1.54, 1.807) is 0 Å². The zero-order chi connectivity index (χ0) is 20.1. The normalized spacial score (nSPS) is 11.4. The lowest BCUT2D eigenvalue weighted by molar-refractivity contribution is -0.137. The number of halogens is 1. The van der Waals surface area contributed by atoms with E-state index < -0.39 is 0 Å². The predicted octanol–water partition coefficient (Wildman–Crippen LogP) is 3.91. The van der Waals surface area contributed by atoms with Gasteiger partial charge in [-0.2, -0.15) is 0 Å². The molecule has 1 N–H and O–H groups in total. The van der Waals surface area contributed by atoms with Gasteiger partial charge in [0.15, 0.2) is 6.61 Å². The summed E-state index contributed by atoms with van der Waals surface area (Å²) in [6.45, 7) is 13.9. The van der Waals surface area contributed by atoms with Crippen LogP contribution in [0, 0.1) is 6.92 Å². The number of hydrogen-bond donors (Lipinski definition) is 1. The van der Waals surface area contributed by atoms with Gasteiger partial charge in [-0.3, -0.25) is 9.59 Å². The van der Waals surface area contributed by atoms with Crippen molar-refractivity contribution in [3.05, 3.63) is 28.3 Å². The van der Waals surface area contributed by atoms with Crippen LogP contribution < -0.4 is 10.1 Å². The number of aryl methyl sites for hydroxylation is 1. The van der Waals surface area contributed by atoms with Crippen molar-refractivity contribution in [2.24, 2.45) is 0 Å². The summed E-state index contributed by atoms with van der Waals surface area (Å²) < 4.78 is 5.78. The minimum absolute atomic E-state index is 0.0205. The Morgan fingerprint density at radius 3 is 2.38 bits per heavy atom. The van der Waals surface area contributed by atoms with E-state index in [9.17, 15) is 9.59 Å². The van der Waals surface area contributed by atoms with Gasteiger partial charge in [0.1, 0.15) is 5.75 Å². The topological polar surface area (TPSA) is 58.6 Å². The van der Waals surface area contributed by atoms with Crippen LogP contribution in [-0.2, 0) is 9.59 Å². The van der Waals surface area contributed by atoms with Crippen LogP contribution >= 0.6 is 11.6 Å². The minimum Gasteiger partial charge on any atom is -0.483 e. The molecule has 6 heteroatoms. The van der Waals surface area contributed by atoms with Gasteiger partial charge in [0.2, 0.25) is 5.91 Å². The van der Waals surface area contributed by atoms with Crippen LogP contribution in [0.1, 0.15) is 58.6 Å². The maximum Gasteiger partial charge on any atom is 0.260 e. The molecule has 146 valence electrons. The minimum atomic E-state index is -0.330. The van der Waals surface area contributed by atoms with E-state index in [-0.39, 0.29) is 36.4 Å². The number of amides is 2. The smallest absolute Gasteiger partial charge is 0.260 e. The number of carbonyl (C=O) groups excluding carboxylic acids is 2. The summed E-state index contributed by atoms with van der Waals surface area (Å²) in [4.78, 5) is 26.0. The summed E-state index contributed by atoms with van der Waals surface area (Å²) in [6, 6.07) is 3.74. The first-order valence-electron chi connectivity index (χ1n) is 8.96. The van der Waals surface area contributed by atoms with E-state index in [0.29, 0.717) is 17.3 Å². The number of rotatable bonds is 7. The second-order valence-corrected chi connectivity index (χ2v) is 8.20. The molecule has 0 aliphatic carbocycles. The van der Waals surface area contributed by atoms with Crippen molar-refractivity contribution in [3.8, 4) is 5.75 Å². The maximum atomic E-state index is 12.5. The molecule has 26 heavy (non-hydrogen) atoms. The van der Waals surface area contributed by atoms with Gasteiger partial charge in [0.05, 0.1) is 6.54 Å². The fraction of sp³-hybridized carbons (Fsp3) is 0.600. The number of nitrogens with zero attached hydrogens (tertiary/aromatic N) is 1. The monoisotopic (exact) mass is 382 g/mol. The Hall–Kier alpha value is -1.75. The summed E-state index contributed by atoms with van der Waals surface area (Å²) >= 11 is 6.20. The molecule has 0 aliphatic rings. The van der Waals surface area contributed by atoms with E-state index in [4.69, 9.17) is 16.3 Å². The van der Waals surface area contributed by atoms with Gasteiger partial charge in [0.25, 0.3) is 5.91 Å². The van der Waals surface area contributed by atoms with Crippen molar-refractivity contribution in [1.82, 2.24) is 10.2 Å². The predicted molar refractivity (Wildman–Crippen MR) is 106 cm³/mol. The Labute approximate surface area is 162 Å².